The van der Waals surface area contributed by atoms with Gasteiger partial charge in [0.05, 0.1) is 6.10 Å². The second kappa shape index (κ2) is 9.18. The Kier molecular flexibility index (Phi) is 6.68. The van der Waals surface area contributed by atoms with E-state index in [2.05, 4.69) is 61.6 Å². The maximum atomic E-state index is 10.2. The van der Waals surface area contributed by atoms with Gasteiger partial charge in [0, 0.05) is 11.6 Å². The van der Waals surface area contributed by atoms with Gasteiger partial charge in [-0.25, -0.2) is 0 Å². The minimum Gasteiger partial charge on any atom is -0.387 e. The topological polar surface area (TPSA) is 32.3 Å². The molecule has 3 heteroatoms. The van der Waals surface area contributed by atoms with Gasteiger partial charge in [0.1, 0.15) is 0 Å². The molecule has 0 radical (unpaired) electrons. The first-order valence-corrected chi connectivity index (χ1v) is 9.71. The highest BCUT2D eigenvalue weighted by Crippen LogP contribution is 2.25. The van der Waals surface area contributed by atoms with Gasteiger partial charge in [-0.15, -0.1) is 0 Å². The number of halogens is 1. The molecular formula is C24H26ClNO. The van der Waals surface area contributed by atoms with Crippen molar-refractivity contribution in [1.82, 2.24) is 5.32 Å². The maximum absolute atomic E-state index is 10.2. The molecule has 1 atom stereocenters. The molecule has 1 unspecified atom stereocenters. The lowest BCUT2D eigenvalue weighted by molar-refractivity contribution is 0.175. The van der Waals surface area contributed by atoms with Crippen molar-refractivity contribution in [3.63, 3.8) is 0 Å². The molecule has 3 aromatic rings. The molecule has 0 saturated heterocycles. The van der Waals surface area contributed by atoms with Crippen LogP contribution in [0.4, 0.5) is 0 Å². The van der Waals surface area contributed by atoms with Gasteiger partial charge in [-0.3, -0.25) is 0 Å². The standard InChI is InChI=1S/C24H26ClNO/c1-17-3-4-18(2)23(15-17)20-7-5-19(6-8-20)13-14-26-16-24(27)21-9-11-22(25)12-10-21/h3-12,15,24,26-27H,13-14,16H2,1-2H3. The first kappa shape index (κ1) is 19.6. The molecule has 0 aliphatic carbocycles. The number of hydrogen-bond acceptors (Lipinski definition) is 2. The predicted octanol–water partition coefficient (Wildman–Crippen LogP) is 5.49. The van der Waals surface area contributed by atoms with E-state index in [1.165, 1.54) is 27.8 Å². The summed E-state index contributed by atoms with van der Waals surface area (Å²) in [6.45, 7) is 5.63. The maximum Gasteiger partial charge on any atom is 0.0914 e. The molecule has 3 rings (SSSR count). The van der Waals surface area contributed by atoms with E-state index < -0.39 is 6.10 Å². The van der Waals surface area contributed by atoms with Crippen LogP contribution in [0.25, 0.3) is 11.1 Å². The van der Waals surface area contributed by atoms with Crippen molar-refractivity contribution in [2.75, 3.05) is 13.1 Å². The Labute approximate surface area is 166 Å². The van der Waals surface area contributed by atoms with Crippen molar-refractivity contribution in [1.29, 1.82) is 0 Å². The number of rotatable bonds is 7. The van der Waals surface area contributed by atoms with E-state index in [4.69, 9.17) is 11.6 Å². The SMILES string of the molecule is Cc1ccc(C)c(-c2ccc(CCNCC(O)c3ccc(Cl)cc3)cc2)c1. The van der Waals surface area contributed by atoms with Crippen LogP contribution in [0, 0.1) is 13.8 Å². The van der Waals surface area contributed by atoms with Gasteiger partial charge in [0.2, 0.25) is 0 Å². The molecule has 0 saturated carbocycles. The van der Waals surface area contributed by atoms with Gasteiger partial charge >= 0.3 is 0 Å². The summed E-state index contributed by atoms with van der Waals surface area (Å²) in [5, 5.41) is 14.2. The lowest BCUT2D eigenvalue weighted by Crippen LogP contribution is -2.23. The zero-order valence-electron chi connectivity index (χ0n) is 15.9. The molecule has 0 aliphatic rings. The molecule has 2 nitrogen and oxygen atoms in total. The van der Waals surface area contributed by atoms with Crippen molar-refractivity contribution < 1.29 is 5.11 Å². The molecule has 0 aliphatic heterocycles. The van der Waals surface area contributed by atoms with Crippen LogP contribution >= 0.6 is 11.6 Å². The molecule has 0 aromatic heterocycles. The fraction of sp³-hybridized carbons (Fsp3) is 0.250. The van der Waals surface area contributed by atoms with E-state index in [1.54, 1.807) is 12.1 Å². The Morgan fingerprint density at radius 2 is 1.63 bits per heavy atom. The number of benzene rings is 3. The minimum atomic E-state index is -0.520. The van der Waals surface area contributed by atoms with Gasteiger partial charge in [-0.2, -0.15) is 0 Å². The summed E-state index contributed by atoms with van der Waals surface area (Å²) >= 11 is 5.88. The van der Waals surface area contributed by atoms with Crippen molar-refractivity contribution in [3.8, 4) is 11.1 Å². The van der Waals surface area contributed by atoms with E-state index >= 15 is 0 Å². The molecule has 27 heavy (non-hydrogen) atoms. The number of hydrogen-bond donors (Lipinski definition) is 2. The van der Waals surface area contributed by atoms with Crippen molar-refractivity contribution in [2.24, 2.45) is 0 Å². The van der Waals surface area contributed by atoms with E-state index in [-0.39, 0.29) is 0 Å². The average molecular weight is 380 g/mol. The van der Waals surface area contributed by atoms with E-state index in [0.717, 1.165) is 18.5 Å². The normalized spacial score (nSPS) is 12.1. The van der Waals surface area contributed by atoms with Crippen LogP contribution < -0.4 is 5.32 Å². The Hall–Kier alpha value is -2.13. The highest BCUT2D eigenvalue weighted by atomic mass is 35.5. The summed E-state index contributed by atoms with van der Waals surface area (Å²) in [5.41, 5.74) is 7.30. The van der Waals surface area contributed by atoms with Crippen molar-refractivity contribution in [3.05, 3.63) is 94.0 Å². The summed E-state index contributed by atoms with van der Waals surface area (Å²) in [5.74, 6) is 0. The monoisotopic (exact) mass is 379 g/mol. The molecular weight excluding hydrogens is 354 g/mol. The van der Waals surface area contributed by atoms with Crippen LogP contribution in [-0.2, 0) is 6.42 Å². The lowest BCUT2D eigenvalue weighted by atomic mass is 9.97. The van der Waals surface area contributed by atoms with Crippen molar-refractivity contribution >= 4 is 11.6 Å². The summed E-state index contributed by atoms with van der Waals surface area (Å²) < 4.78 is 0. The average Bonchev–Trinajstić information content (AvgIpc) is 2.68. The molecule has 0 amide bonds. The van der Waals surface area contributed by atoms with Crippen LogP contribution in [-0.4, -0.2) is 18.2 Å². The zero-order chi connectivity index (χ0) is 19.2. The predicted molar refractivity (Wildman–Crippen MR) is 114 cm³/mol. The van der Waals surface area contributed by atoms with Crippen LogP contribution in [0.1, 0.15) is 28.4 Å². The highest BCUT2D eigenvalue weighted by molar-refractivity contribution is 6.30. The third kappa shape index (κ3) is 5.43. The fourth-order valence-corrected chi connectivity index (χ4v) is 3.30. The quantitative estimate of drug-likeness (QED) is 0.532. The van der Waals surface area contributed by atoms with Gasteiger partial charge in [0.25, 0.3) is 0 Å². The molecule has 2 N–H and O–H groups in total. The van der Waals surface area contributed by atoms with E-state index in [0.29, 0.717) is 11.6 Å². The second-order valence-corrected chi connectivity index (χ2v) is 7.47. The smallest absolute Gasteiger partial charge is 0.0914 e. The number of aryl methyl sites for hydroxylation is 2. The second-order valence-electron chi connectivity index (χ2n) is 7.04. The molecule has 0 bridgehead atoms. The van der Waals surface area contributed by atoms with Gasteiger partial charge < -0.3 is 10.4 Å². The molecule has 140 valence electrons. The fourth-order valence-electron chi connectivity index (χ4n) is 3.17. The third-order valence-electron chi connectivity index (χ3n) is 4.84. The molecule has 0 heterocycles. The van der Waals surface area contributed by atoms with Crippen LogP contribution in [0.2, 0.25) is 5.02 Å². The van der Waals surface area contributed by atoms with Gasteiger partial charge in [-0.05, 0) is 66.8 Å². The Bertz CT molecular complexity index is 872. The molecule has 0 fully saturated rings. The van der Waals surface area contributed by atoms with E-state index in [9.17, 15) is 5.11 Å². The van der Waals surface area contributed by atoms with Crippen molar-refractivity contribution in [2.45, 2.75) is 26.4 Å². The Morgan fingerprint density at radius 3 is 2.33 bits per heavy atom. The Balaban J connectivity index is 1.50. The molecule has 3 aromatic carbocycles. The summed E-state index contributed by atoms with van der Waals surface area (Å²) in [6.07, 6.45) is 0.411. The third-order valence-corrected chi connectivity index (χ3v) is 5.09. The largest absolute Gasteiger partial charge is 0.387 e. The van der Waals surface area contributed by atoms with Crippen LogP contribution in [0.15, 0.2) is 66.7 Å². The summed E-state index contributed by atoms with van der Waals surface area (Å²) in [7, 11) is 0. The van der Waals surface area contributed by atoms with E-state index in [1.807, 2.05) is 12.1 Å². The molecule has 0 spiro atoms. The van der Waals surface area contributed by atoms with Crippen LogP contribution in [0.3, 0.4) is 0 Å². The first-order chi connectivity index (χ1) is 13.0. The number of aliphatic hydroxyl groups is 1. The highest BCUT2D eigenvalue weighted by Gasteiger charge is 2.07. The lowest BCUT2D eigenvalue weighted by Gasteiger charge is -2.13. The Morgan fingerprint density at radius 1 is 0.926 bits per heavy atom. The summed E-state index contributed by atoms with van der Waals surface area (Å²) in [6, 6.07) is 22.7. The number of aliphatic hydroxyl groups excluding tert-OH is 1. The van der Waals surface area contributed by atoms with Gasteiger partial charge in [0.15, 0.2) is 0 Å². The summed E-state index contributed by atoms with van der Waals surface area (Å²) in [4.78, 5) is 0. The van der Waals surface area contributed by atoms with Crippen LogP contribution in [0.5, 0.6) is 0 Å². The first-order valence-electron chi connectivity index (χ1n) is 9.34. The zero-order valence-corrected chi connectivity index (χ0v) is 16.6. The number of nitrogens with one attached hydrogen (secondary N) is 1. The minimum absolute atomic E-state index is 0.520. The van der Waals surface area contributed by atoms with Gasteiger partial charge in [-0.1, -0.05) is 71.8 Å².